The highest BCUT2D eigenvalue weighted by Gasteiger charge is 2.38. The molecule has 0 heterocycles. The van der Waals surface area contributed by atoms with Gasteiger partial charge in [-0.25, -0.2) is 0 Å². The Hall–Kier alpha value is -0.0800. The van der Waals surface area contributed by atoms with Crippen LogP contribution in [0.1, 0.15) is 67.2 Å². The molecule has 1 N–H and O–H groups in total. The first-order valence-corrected chi connectivity index (χ1v) is 7.64. The zero-order valence-electron chi connectivity index (χ0n) is 13.0. The van der Waals surface area contributed by atoms with Gasteiger partial charge in [0.05, 0.1) is 0 Å². The number of nitrogens with zero attached hydrogens (tertiary/aromatic N) is 1. The smallest absolute Gasteiger partial charge is 0.0356 e. The van der Waals surface area contributed by atoms with Gasteiger partial charge in [0.2, 0.25) is 0 Å². The van der Waals surface area contributed by atoms with Crippen molar-refractivity contribution in [2.45, 2.75) is 78.8 Å². The second kappa shape index (κ2) is 8.93. The molecule has 2 nitrogen and oxygen atoms in total. The van der Waals surface area contributed by atoms with Gasteiger partial charge < -0.3 is 5.32 Å². The van der Waals surface area contributed by atoms with E-state index >= 15 is 0 Å². The van der Waals surface area contributed by atoms with E-state index in [-0.39, 0.29) is 0 Å². The van der Waals surface area contributed by atoms with Crippen LogP contribution in [-0.4, -0.2) is 36.1 Å². The Morgan fingerprint density at radius 1 is 0.941 bits per heavy atom. The average molecular weight is 242 g/mol. The fourth-order valence-electron chi connectivity index (χ4n) is 3.30. The van der Waals surface area contributed by atoms with E-state index < -0.39 is 0 Å². The van der Waals surface area contributed by atoms with Crippen LogP contribution in [0, 0.1) is 0 Å². The third kappa shape index (κ3) is 3.96. The predicted molar refractivity (Wildman–Crippen MR) is 78.6 cm³/mol. The lowest BCUT2D eigenvalue weighted by Gasteiger charge is -2.48. The fourth-order valence-corrected chi connectivity index (χ4v) is 3.30. The maximum absolute atomic E-state index is 3.77. The molecule has 0 saturated heterocycles. The molecule has 104 valence electrons. The van der Waals surface area contributed by atoms with Crippen molar-refractivity contribution in [2.75, 3.05) is 19.6 Å². The van der Waals surface area contributed by atoms with Crippen molar-refractivity contribution >= 4 is 0 Å². The Labute approximate surface area is 109 Å². The summed E-state index contributed by atoms with van der Waals surface area (Å²) in [4.78, 5) is 2.66. The van der Waals surface area contributed by atoms with Crippen molar-refractivity contribution in [1.29, 1.82) is 0 Å². The lowest BCUT2D eigenvalue weighted by molar-refractivity contribution is 0.0478. The van der Waals surface area contributed by atoms with E-state index in [1.807, 2.05) is 0 Å². The number of nitrogens with one attached hydrogen (secondary N) is 1. The molecule has 1 atom stereocenters. The van der Waals surface area contributed by atoms with Crippen molar-refractivity contribution in [1.82, 2.24) is 10.2 Å². The highest BCUT2D eigenvalue weighted by Crippen LogP contribution is 2.29. The van der Waals surface area contributed by atoms with Gasteiger partial charge in [-0.05, 0) is 45.3 Å². The van der Waals surface area contributed by atoms with Gasteiger partial charge in [-0.1, -0.05) is 41.5 Å². The molecule has 1 unspecified atom stereocenters. The summed E-state index contributed by atoms with van der Waals surface area (Å²) in [7, 11) is 0. The van der Waals surface area contributed by atoms with Gasteiger partial charge >= 0.3 is 0 Å². The molecule has 0 aliphatic heterocycles. The molecule has 0 aromatic heterocycles. The molecule has 17 heavy (non-hydrogen) atoms. The van der Waals surface area contributed by atoms with Crippen LogP contribution in [0.4, 0.5) is 0 Å². The lowest BCUT2D eigenvalue weighted by Crippen LogP contribution is -2.60. The normalized spacial score (nSPS) is 14.3. The predicted octanol–water partition coefficient (Wildman–Crippen LogP) is 3.67. The summed E-state index contributed by atoms with van der Waals surface area (Å²) in [6, 6.07) is 0.623. The molecule has 0 aromatic carbocycles. The molecule has 0 aliphatic carbocycles. The second-order valence-electron chi connectivity index (χ2n) is 4.90. The fraction of sp³-hybridized carbons (Fsp3) is 1.00. The van der Waals surface area contributed by atoms with Crippen LogP contribution >= 0.6 is 0 Å². The second-order valence-corrected chi connectivity index (χ2v) is 4.90. The van der Waals surface area contributed by atoms with Crippen molar-refractivity contribution in [2.24, 2.45) is 0 Å². The third-order valence-corrected chi connectivity index (χ3v) is 4.32. The average Bonchev–Trinajstić information content (AvgIpc) is 2.38. The van der Waals surface area contributed by atoms with Crippen LogP contribution in [0.3, 0.4) is 0 Å². The highest BCUT2D eigenvalue weighted by atomic mass is 15.2. The van der Waals surface area contributed by atoms with Crippen LogP contribution in [0.5, 0.6) is 0 Å². The van der Waals surface area contributed by atoms with Crippen molar-refractivity contribution in [3.05, 3.63) is 0 Å². The number of likely N-dealkylation sites (N-methyl/N-ethyl adjacent to an activating group) is 1. The Morgan fingerprint density at radius 2 is 1.47 bits per heavy atom. The van der Waals surface area contributed by atoms with Gasteiger partial charge in [0, 0.05) is 11.6 Å². The topological polar surface area (TPSA) is 15.3 Å². The van der Waals surface area contributed by atoms with Crippen LogP contribution in [0.25, 0.3) is 0 Å². The van der Waals surface area contributed by atoms with E-state index in [0.717, 1.165) is 19.6 Å². The van der Waals surface area contributed by atoms with Gasteiger partial charge in [-0.15, -0.1) is 0 Å². The minimum atomic E-state index is 0.341. The minimum absolute atomic E-state index is 0.341. The van der Waals surface area contributed by atoms with E-state index in [4.69, 9.17) is 0 Å². The monoisotopic (exact) mass is 242 g/mol. The highest BCUT2D eigenvalue weighted by molar-refractivity contribution is 4.97. The molecule has 0 rings (SSSR count). The molecule has 2 heteroatoms. The van der Waals surface area contributed by atoms with Crippen molar-refractivity contribution in [3.8, 4) is 0 Å². The van der Waals surface area contributed by atoms with Crippen LogP contribution < -0.4 is 5.32 Å². The Balaban J connectivity index is 4.97. The Morgan fingerprint density at radius 3 is 1.76 bits per heavy atom. The molecule has 0 aliphatic rings. The van der Waals surface area contributed by atoms with E-state index in [9.17, 15) is 0 Å². The lowest BCUT2D eigenvalue weighted by atomic mass is 9.81. The standard InChI is InChI=1S/C15H34N2/c1-7-13-16-14(8-2)15(9-3,10-4)17(11-5)12-6/h14,16H,7-13H2,1-6H3. The van der Waals surface area contributed by atoms with Gasteiger partial charge in [-0.3, -0.25) is 4.90 Å². The molecule has 0 bridgehead atoms. The molecule has 0 saturated carbocycles. The summed E-state index contributed by atoms with van der Waals surface area (Å²) in [5, 5.41) is 3.77. The molecule has 0 spiro atoms. The van der Waals surface area contributed by atoms with Crippen molar-refractivity contribution < 1.29 is 0 Å². The summed E-state index contributed by atoms with van der Waals surface area (Å²) < 4.78 is 0. The van der Waals surface area contributed by atoms with Crippen molar-refractivity contribution in [3.63, 3.8) is 0 Å². The summed E-state index contributed by atoms with van der Waals surface area (Å²) >= 11 is 0. The summed E-state index contributed by atoms with van der Waals surface area (Å²) in [6.07, 6.45) is 4.91. The number of hydrogen-bond donors (Lipinski definition) is 1. The zero-order chi connectivity index (χ0) is 13.3. The van der Waals surface area contributed by atoms with Crippen LogP contribution in [-0.2, 0) is 0 Å². The maximum Gasteiger partial charge on any atom is 0.0356 e. The molecule has 0 amide bonds. The first-order chi connectivity index (χ1) is 8.16. The number of hydrogen-bond acceptors (Lipinski definition) is 2. The quantitative estimate of drug-likeness (QED) is 0.629. The summed E-state index contributed by atoms with van der Waals surface area (Å²) in [6.45, 7) is 17.3. The van der Waals surface area contributed by atoms with Gasteiger partial charge in [0.15, 0.2) is 0 Å². The SMILES string of the molecule is CCCNC(CC)C(CC)(CC)N(CC)CC. The molecule has 0 fully saturated rings. The van der Waals surface area contributed by atoms with Crippen LogP contribution in [0.15, 0.2) is 0 Å². The van der Waals surface area contributed by atoms with E-state index in [2.05, 4.69) is 51.8 Å². The largest absolute Gasteiger partial charge is 0.312 e. The Bertz CT molecular complexity index is 172. The summed E-state index contributed by atoms with van der Waals surface area (Å²) in [5.74, 6) is 0. The molecule has 0 radical (unpaired) electrons. The Kier molecular flexibility index (Phi) is 8.89. The van der Waals surface area contributed by atoms with Gasteiger partial charge in [0.25, 0.3) is 0 Å². The molecular formula is C15H34N2. The summed E-state index contributed by atoms with van der Waals surface area (Å²) in [5.41, 5.74) is 0.341. The van der Waals surface area contributed by atoms with E-state index in [1.165, 1.54) is 25.7 Å². The maximum atomic E-state index is 3.77. The first-order valence-electron chi connectivity index (χ1n) is 7.64. The van der Waals surface area contributed by atoms with E-state index in [0.29, 0.717) is 11.6 Å². The first kappa shape index (κ1) is 16.9. The van der Waals surface area contributed by atoms with Gasteiger partial charge in [-0.2, -0.15) is 0 Å². The number of rotatable bonds is 10. The van der Waals surface area contributed by atoms with Gasteiger partial charge in [0.1, 0.15) is 0 Å². The zero-order valence-corrected chi connectivity index (χ0v) is 13.0. The van der Waals surface area contributed by atoms with E-state index in [1.54, 1.807) is 0 Å². The minimum Gasteiger partial charge on any atom is -0.312 e. The molecular weight excluding hydrogens is 208 g/mol. The third-order valence-electron chi connectivity index (χ3n) is 4.32. The van der Waals surface area contributed by atoms with Crippen LogP contribution in [0.2, 0.25) is 0 Å². The molecule has 0 aromatic rings.